The molecule has 0 fully saturated rings. The molecule has 0 spiro atoms. The van der Waals surface area contributed by atoms with E-state index in [9.17, 15) is 9.59 Å². The molecule has 1 aromatic heterocycles. The molecule has 6 nitrogen and oxygen atoms in total. The van der Waals surface area contributed by atoms with Crippen molar-refractivity contribution in [3.63, 3.8) is 0 Å². The van der Waals surface area contributed by atoms with Gasteiger partial charge in [0, 0.05) is 18.7 Å². The van der Waals surface area contributed by atoms with E-state index in [-0.39, 0.29) is 12.3 Å². The van der Waals surface area contributed by atoms with Crippen LogP contribution in [-0.2, 0) is 16.1 Å². The zero-order valence-corrected chi connectivity index (χ0v) is 12.7. The zero-order chi connectivity index (χ0) is 15.5. The fourth-order valence-corrected chi connectivity index (χ4v) is 1.99. The van der Waals surface area contributed by atoms with E-state index in [1.807, 2.05) is 19.9 Å². The maximum atomic E-state index is 11.9. The molecule has 0 unspecified atom stereocenters. The first kappa shape index (κ1) is 16.2. The van der Waals surface area contributed by atoms with Crippen LogP contribution >= 0.6 is 0 Å². The van der Waals surface area contributed by atoms with Crippen molar-refractivity contribution in [3.8, 4) is 0 Å². The number of carboxylic acids is 1. The molecule has 0 bridgehead atoms. The van der Waals surface area contributed by atoms with Gasteiger partial charge in [0.15, 0.2) is 0 Å². The number of rotatable bonds is 5. The molecule has 112 valence electrons. The Balaban J connectivity index is 2.59. The summed E-state index contributed by atoms with van der Waals surface area (Å²) < 4.78 is 1.75. The summed E-state index contributed by atoms with van der Waals surface area (Å²) in [5.41, 5.74) is 1.36. The molecule has 1 rings (SSSR count). The number of aliphatic carboxylic acids is 1. The van der Waals surface area contributed by atoms with Crippen molar-refractivity contribution in [3.05, 3.63) is 17.5 Å². The van der Waals surface area contributed by atoms with Crippen molar-refractivity contribution >= 4 is 11.9 Å². The van der Waals surface area contributed by atoms with Crippen molar-refractivity contribution in [1.29, 1.82) is 0 Å². The Morgan fingerprint density at radius 1 is 1.40 bits per heavy atom. The highest BCUT2D eigenvalue weighted by Gasteiger charge is 2.32. The van der Waals surface area contributed by atoms with Gasteiger partial charge in [-0.3, -0.25) is 9.48 Å². The molecule has 0 aliphatic heterocycles. The minimum Gasteiger partial charge on any atom is -0.480 e. The first-order chi connectivity index (χ1) is 9.11. The number of carbonyl (C=O) groups is 2. The molecule has 0 radical (unpaired) electrons. The second-order valence-corrected chi connectivity index (χ2v) is 6.11. The zero-order valence-electron chi connectivity index (χ0n) is 12.7. The number of carboxylic acid groups (broad SMARTS) is 1. The minimum absolute atomic E-state index is 0.210. The number of nitrogens with one attached hydrogen (secondary N) is 1. The predicted molar refractivity (Wildman–Crippen MR) is 75.3 cm³/mol. The van der Waals surface area contributed by atoms with Crippen LogP contribution in [0.4, 0.5) is 0 Å². The molecule has 1 aromatic rings. The molecule has 6 heteroatoms. The summed E-state index contributed by atoms with van der Waals surface area (Å²) in [6.45, 7) is 9.62. The van der Waals surface area contributed by atoms with Gasteiger partial charge in [-0.2, -0.15) is 5.10 Å². The number of aromatic nitrogens is 2. The molecule has 1 atom stereocenters. The summed E-state index contributed by atoms with van der Waals surface area (Å²) in [4.78, 5) is 23.1. The summed E-state index contributed by atoms with van der Waals surface area (Å²) in [5, 5.41) is 16.0. The highest BCUT2D eigenvalue weighted by molar-refractivity contribution is 5.84. The van der Waals surface area contributed by atoms with Crippen LogP contribution in [0.15, 0.2) is 6.07 Å². The Kier molecular flexibility index (Phi) is 4.92. The molecule has 1 heterocycles. The largest absolute Gasteiger partial charge is 0.480 e. The van der Waals surface area contributed by atoms with E-state index in [1.54, 1.807) is 25.5 Å². The SMILES string of the molecule is Cc1cc(C)n(CCC(=O)N[C@@H](C(=O)O)C(C)(C)C)n1. The van der Waals surface area contributed by atoms with Crippen molar-refractivity contribution in [1.82, 2.24) is 15.1 Å². The lowest BCUT2D eigenvalue weighted by atomic mass is 9.86. The van der Waals surface area contributed by atoms with Gasteiger partial charge >= 0.3 is 5.97 Å². The average molecular weight is 281 g/mol. The van der Waals surface area contributed by atoms with Crippen LogP contribution < -0.4 is 5.32 Å². The van der Waals surface area contributed by atoms with Crippen LogP contribution in [0.2, 0.25) is 0 Å². The Morgan fingerprint density at radius 2 is 2.00 bits per heavy atom. The van der Waals surface area contributed by atoms with E-state index in [0.29, 0.717) is 6.54 Å². The van der Waals surface area contributed by atoms with E-state index in [1.165, 1.54) is 0 Å². The summed E-state index contributed by atoms with van der Waals surface area (Å²) in [6.07, 6.45) is 0.210. The number of amides is 1. The van der Waals surface area contributed by atoms with Gasteiger partial charge in [0.2, 0.25) is 5.91 Å². The third kappa shape index (κ3) is 4.36. The van der Waals surface area contributed by atoms with Crippen LogP contribution in [0.25, 0.3) is 0 Å². The van der Waals surface area contributed by atoms with Gasteiger partial charge in [0.25, 0.3) is 0 Å². The van der Waals surface area contributed by atoms with E-state index >= 15 is 0 Å². The summed E-state index contributed by atoms with van der Waals surface area (Å²) >= 11 is 0. The second-order valence-electron chi connectivity index (χ2n) is 6.11. The smallest absolute Gasteiger partial charge is 0.326 e. The molecule has 0 saturated heterocycles. The lowest BCUT2D eigenvalue weighted by Gasteiger charge is -2.27. The third-order valence-corrected chi connectivity index (χ3v) is 3.07. The van der Waals surface area contributed by atoms with Crippen LogP contribution in [0.3, 0.4) is 0 Å². The van der Waals surface area contributed by atoms with Gasteiger partial charge in [0.05, 0.1) is 5.69 Å². The molecule has 2 N–H and O–H groups in total. The van der Waals surface area contributed by atoms with Gasteiger partial charge in [-0.25, -0.2) is 4.79 Å². The summed E-state index contributed by atoms with van der Waals surface area (Å²) in [6, 6.07) is 1.04. The average Bonchev–Trinajstić information content (AvgIpc) is 2.60. The van der Waals surface area contributed by atoms with E-state index in [4.69, 9.17) is 5.11 Å². The first-order valence-electron chi connectivity index (χ1n) is 6.64. The van der Waals surface area contributed by atoms with Gasteiger partial charge < -0.3 is 10.4 Å². The minimum atomic E-state index is -1.02. The van der Waals surface area contributed by atoms with Crippen molar-refractivity contribution in [2.75, 3.05) is 0 Å². The standard InChI is InChI=1S/C14H23N3O3/c1-9-8-10(2)17(16-9)7-6-11(18)15-12(13(19)20)14(3,4)5/h8,12H,6-7H2,1-5H3,(H,15,18)(H,19,20)/t12-/m0/s1. The van der Waals surface area contributed by atoms with Gasteiger partial charge in [0.1, 0.15) is 6.04 Å². The number of carbonyl (C=O) groups excluding carboxylic acids is 1. The van der Waals surface area contributed by atoms with Crippen molar-refractivity contribution in [2.24, 2.45) is 5.41 Å². The van der Waals surface area contributed by atoms with Crippen LogP contribution in [0, 0.1) is 19.3 Å². The van der Waals surface area contributed by atoms with Crippen LogP contribution in [0.1, 0.15) is 38.6 Å². The highest BCUT2D eigenvalue weighted by atomic mass is 16.4. The van der Waals surface area contributed by atoms with E-state index in [0.717, 1.165) is 11.4 Å². The van der Waals surface area contributed by atoms with Crippen molar-refractivity contribution < 1.29 is 14.7 Å². The third-order valence-electron chi connectivity index (χ3n) is 3.07. The fourth-order valence-electron chi connectivity index (χ4n) is 1.99. The quantitative estimate of drug-likeness (QED) is 0.856. The second kappa shape index (κ2) is 6.07. The van der Waals surface area contributed by atoms with Crippen molar-refractivity contribution in [2.45, 2.75) is 53.6 Å². The highest BCUT2D eigenvalue weighted by Crippen LogP contribution is 2.19. The molecule has 0 aromatic carbocycles. The Morgan fingerprint density at radius 3 is 2.40 bits per heavy atom. The van der Waals surface area contributed by atoms with Crippen LogP contribution in [0.5, 0.6) is 0 Å². The summed E-state index contributed by atoms with van der Waals surface area (Å²) in [7, 11) is 0. The van der Waals surface area contributed by atoms with Gasteiger partial charge in [-0.05, 0) is 25.3 Å². The van der Waals surface area contributed by atoms with E-state index in [2.05, 4.69) is 10.4 Å². The predicted octanol–water partition coefficient (Wildman–Crippen LogP) is 1.51. The molecule has 0 saturated carbocycles. The molecule has 20 heavy (non-hydrogen) atoms. The first-order valence-corrected chi connectivity index (χ1v) is 6.64. The Bertz CT molecular complexity index is 500. The normalized spacial score (nSPS) is 13.1. The number of nitrogens with zero attached hydrogens (tertiary/aromatic N) is 2. The van der Waals surface area contributed by atoms with Crippen LogP contribution in [-0.4, -0.2) is 32.8 Å². The van der Waals surface area contributed by atoms with Gasteiger partial charge in [-0.1, -0.05) is 20.8 Å². The Hall–Kier alpha value is -1.85. The lowest BCUT2D eigenvalue weighted by molar-refractivity contribution is -0.145. The maximum absolute atomic E-state index is 11.9. The molecule has 1 amide bonds. The monoisotopic (exact) mass is 281 g/mol. The van der Waals surface area contributed by atoms with Gasteiger partial charge in [-0.15, -0.1) is 0 Å². The number of aryl methyl sites for hydroxylation is 3. The molecule has 0 aliphatic carbocycles. The molecule has 0 aliphatic rings. The topological polar surface area (TPSA) is 84.2 Å². The summed E-state index contributed by atoms with van der Waals surface area (Å²) in [5.74, 6) is -1.29. The van der Waals surface area contributed by atoms with E-state index < -0.39 is 17.4 Å². The lowest BCUT2D eigenvalue weighted by Crippen LogP contribution is -2.49. The number of hydrogen-bond acceptors (Lipinski definition) is 3. The number of hydrogen-bond donors (Lipinski definition) is 2. The fraction of sp³-hybridized carbons (Fsp3) is 0.643. The molecular formula is C14H23N3O3. The Labute approximate surface area is 119 Å². The maximum Gasteiger partial charge on any atom is 0.326 e. The molecular weight excluding hydrogens is 258 g/mol.